The van der Waals surface area contributed by atoms with E-state index in [0.29, 0.717) is 19.4 Å². The Bertz CT molecular complexity index is 979. The van der Waals surface area contributed by atoms with E-state index in [1.54, 1.807) is 4.90 Å². The predicted molar refractivity (Wildman–Crippen MR) is 123 cm³/mol. The molecular weight excluding hydrogens is 386 g/mol. The van der Waals surface area contributed by atoms with Crippen LogP contribution in [0.3, 0.4) is 0 Å². The second kappa shape index (κ2) is 8.62. The highest BCUT2D eigenvalue weighted by Crippen LogP contribution is 2.46. The van der Waals surface area contributed by atoms with Crippen LogP contribution in [0.1, 0.15) is 63.4 Å². The molecule has 5 rings (SSSR count). The molecule has 1 aromatic heterocycles. The van der Waals surface area contributed by atoms with Crippen LogP contribution in [-0.4, -0.2) is 52.8 Å². The number of rotatable bonds is 6. The van der Waals surface area contributed by atoms with E-state index in [-0.39, 0.29) is 17.2 Å². The number of para-hydroxylation sites is 1. The van der Waals surface area contributed by atoms with Gasteiger partial charge in [0.05, 0.1) is 0 Å². The van der Waals surface area contributed by atoms with Crippen LogP contribution in [0, 0.1) is 5.41 Å². The van der Waals surface area contributed by atoms with Gasteiger partial charge in [-0.3, -0.25) is 19.4 Å². The van der Waals surface area contributed by atoms with Gasteiger partial charge in [-0.05, 0) is 55.7 Å². The Kier molecular flexibility index (Phi) is 5.70. The molecule has 31 heavy (non-hydrogen) atoms. The molecule has 3 aliphatic rings. The summed E-state index contributed by atoms with van der Waals surface area (Å²) >= 11 is 0. The first-order valence-corrected chi connectivity index (χ1v) is 11.9. The van der Waals surface area contributed by atoms with Crippen molar-refractivity contribution in [2.75, 3.05) is 26.2 Å². The number of aromatic amines is 1. The van der Waals surface area contributed by atoms with E-state index in [1.165, 1.54) is 34.9 Å². The van der Waals surface area contributed by atoms with Gasteiger partial charge in [-0.2, -0.15) is 0 Å². The standard InChI is InChI=1S/C26H33N3O2/c30-24-17-26(11-3-4-12-26)18-25(31)29(24)14-6-5-13-28-15-9-20(10-16-28)22-19-27-23-8-2-1-7-21(22)23/h1-2,7-9,19,27H,3-6,10-18H2. The molecule has 5 nitrogen and oxygen atoms in total. The van der Waals surface area contributed by atoms with E-state index in [2.05, 4.69) is 46.4 Å². The van der Waals surface area contributed by atoms with Gasteiger partial charge in [-0.1, -0.05) is 37.1 Å². The van der Waals surface area contributed by atoms with Crippen molar-refractivity contribution >= 4 is 28.3 Å². The number of nitrogens with one attached hydrogen (secondary N) is 1. The third kappa shape index (κ3) is 4.20. The highest BCUT2D eigenvalue weighted by Gasteiger charge is 2.44. The Balaban J connectivity index is 1.08. The third-order valence-corrected chi connectivity index (χ3v) is 7.65. The van der Waals surface area contributed by atoms with Crippen LogP contribution in [0.4, 0.5) is 0 Å². The number of unbranched alkanes of at least 4 members (excludes halogenated alkanes) is 1. The maximum atomic E-state index is 12.6. The lowest BCUT2D eigenvalue weighted by Crippen LogP contribution is -2.47. The first-order chi connectivity index (χ1) is 15.1. The average molecular weight is 420 g/mol. The van der Waals surface area contributed by atoms with Crippen LogP contribution in [0.5, 0.6) is 0 Å². The minimum atomic E-state index is 0.00724. The molecule has 1 spiro atoms. The molecule has 1 aromatic carbocycles. The summed E-state index contributed by atoms with van der Waals surface area (Å²) in [5, 5.41) is 1.30. The number of aromatic nitrogens is 1. The SMILES string of the molecule is O=C1CC2(CCCC2)CC(=O)N1CCCCN1CC=C(c2c[nH]c3ccccc23)CC1. The molecule has 1 saturated heterocycles. The molecule has 0 bridgehead atoms. The highest BCUT2D eigenvalue weighted by atomic mass is 16.2. The lowest BCUT2D eigenvalue weighted by atomic mass is 9.76. The van der Waals surface area contributed by atoms with E-state index in [1.807, 2.05) is 0 Å². The first-order valence-electron chi connectivity index (χ1n) is 11.9. The molecule has 3 heterocycles. The molecule has 1 N–H and O–H groups in total. The molecule has 2 fully saturated rings. The Morgan fingerprint density at radius 1 is 0.968 bits per heavy atom. The van der Waals surface area contributed by atoms with E-state index >= 15 is 0 Å². The zero-order chi connectivity index (χ0) is 21.3. The van der Waals surface area contributed by atoms with Gasteiger partial charge in [0, 0.05) is 55.1 Å². The van der Waals surface area contributed by atoms with Gasteiger partial charge in [0.1, 0.15) is 0 Å². The van der Waals surface area contributed by atoms with Crippen LogP contribution >= 0.6 is 0 Å². The summed E-state index contributed by atoms with van der Waals surface area (Å²) in [7, 11) is 0. The molecule has 2 aromatic rings. The number of imide groups is 1. The van der Waals surface area contributed by atoms with Gasteiger partial charge in [0.25, 0.3) is 0 Å². The number of hydrogen-bond acceptors (Lipinski definition) is 3. The molecule has 2 amide bonds. The van der Waals surface area contributed by atoms with Crippen LogP contribution in [0.15, 0.2) is 36.5 Å². The fourth-order valence-electron chi connectivity index (χ4n) is 5.86. The van der Waals surface area contributed by atoms with Gasteiger partial charge >= 0.3 is 0 Å². The lowest BCUT2D eigenvalue weighted by molar-refractivity contribution is -0.153. The summed E-state index contributed by atoms with van der Waals surface area (Å²) in [6, 6.07) is 8.48. The summed E-state index contributed by atoms with van der Waals surface area (Å²) in [6.07, 6.45) is 13.1. The van der Waals surface area contributed by atoms with E-state index in [0.717, 1.165) is 51.7 Å². The number of carbonyl (C=O) groups is 2. The van der Waals surface area contributed by atoms with Gasteiger partial charge in [-0.15, -0.1) is 0 Å². The van der Waals surface area contributed by atoms with E-state index in [4.69, 9.17) is 0 Å². The second-order valence-corrected chi connectivity index (χ2v) is 9.73. The maximum Gasteiger partial charge on any atom is 0.229 e. The van der Waals surface area contributed by atoms with Crippen molar-refractivity contribution in [2.45, 2.75) is 57.8 Å². The predicted octanol–water partition coefficient (Wildman–Crippen LogP) is 4.75. The Labute approximate surface area is 184 Å². The molecular formula is C26H33N3O2. The molecule has 0 unspecified atom stereocenters. The minimum absolute atomic E-state index is 0.00724. The number of hydrogen-bond donors (Lipinski definition) is 1. The minimum Gasteiger partial charge on any atom is -0.361 e. The summed E-state index contributed by atoms with van der Waals surface area (Å²) in [4.78, 5) is 32.6. The number of carbonyl (C=O) groups excluding carboxylic acids is 2. The second-order valence-electron chi connectivity index (χ2n) is 9.73. The smallest absolute Gasteiger partial charge is 0.229 e. The molecule has 1 aliphatic carbocycles. The van der Waals surface area contributed by atoms with Crippen molar-refractivity contribution < 1.29 is 9.59 Å². The molecule has 2 aliphatic heterocycles. The van der Waals surface area contributed by atoms with E-state index < -0.39 is 0 Å². The number of nitrogens with zero attached hydrogens (tertiary/aromatic N) is 2. The van der Waals surface area contributed by atoms with Crippen molar-refractivity contribution in [1.82, 2.24) is 14.8 Å². The topological polar surface area (TPSA) is 56.4 Å². The fourth-order valence-corrected chi connectivity index (χ4v) is 5.86. The molecule has 164 valence electrons. The number of H-pyrrole nitrogens is 1. The summed E-state index contributed by atoms with van der Waals surface area (Å²) < 4.78 is 0. The lowest BCUT2D eigenvalue weighted by Gasteiger charge is -2.37. The Hall–Kier alpha value is -2.40. The van der Waals surface area contributed by atoms with Crippen LogP contribution in [0.25, 0.3) is 16.5 Å². The maximum absolute atomic E-state index is 12.6. The molecule has 0 radical (unpaired) electrons. The number of benzene rings is 1. The molecule has 0 atom stereocenters. The fraction of sp³-hybridized carbons (Fsp3) is 0.538. The summed E-state index contributed by atoms with van der Waals surface area (Å²) in [5.41, 5.74) is 3.96. The van der Waals surface area contributed by atoms with Crippen molar-refractivity contribution in [2.24, 2.45) is 5.41 Å². The zero-order valence-electron chi connectivity index (χ0n) is 18.4. The number of fused-ring (bicyclic) bond motifs is 1. The monoisotopic (exact) mass is 419 g/mol. The number of piperidine rings is 1. The number of likely N-dealkylation sites (tertiary alicyclic amines) is 1. The Morgan fingerprint density at radius 3 is 2.45 bits per heavy atom. The quantitative estimate of drug-likeness (QED) is 0.543. The largest absolute Gasteiger partial charge is 0.361 e. The summed E-state index contributed by atoms with van der Waals surface area (Å²) in [5.74, 6) is 0.143. The van der Waals surface area contributed by atoms with E-state index in [9.17, 15) is 9.59 Å². The van der Waals surface area contributed by atoms with Crippen molar-refractivity contribution in [1.29, 1.82) is 0 Å². The zero-order valence-corrected chi connectivity index (χ0v) is 18.4. The summed E-state index contributed by atoms with van der Waals surface area (Å²) in [6.45, 7) is 3.66. The van der Waals surface area contributed by atoms with Crippen molar-refractivity contribution in [3.8, 4) is 0 Å². The van der Waals surface area contributed by atoms with Gasteiger partial charge in [0.15, 0.2) is 0 Å². The van der Waals surface area contributed by atoms with Gasteiger partial charge in [0.2, 0.25) is 11.8 Å². The number of amides is 2. The van der Waals surface area contributed by atoms with Crippen molar-refractivity contribution in [3.05, 3.63) is 42.1 Å². The van der Waals surface area contributed by atoms with Gasteiger partial charge < -0.3 is 4.98 Å². The highest BCUT2D eigenvalue weighted by molar-refractivity contribution is 5.98. The Morgan fingerprint density at radius 2 is 1.71 bits per heavy atom. The third-order valence-electron chi connectivity index (χ3n) is 7.65. The first kappa shape index (κ1) is 20.5. The molecule has 5 heteroatoms. The van der Waals surface area contributed by atoms with Crippen LogP contribution < -0.4 is 0 Å². The normalized spacial score (nSPS) is 21.9. The molecule has 1 saturated carbocycles. The van der Waals surface area contributed by atoms with Gasteiger partial charge in [-0.25, -0.2) is 0 Å². The van der Waals surface area contributed by atoms with Crippen molar-refractivity contribution in [3.63, 3.8) is 0 Å². The van der Waals surface area contributed by atoms with Crippen LogP contribution in [0.2, 0.25) is 0 Å². The van der Waals surface area contributed by atoms with Crippen LogP contribution in [-0.2, 0) is 9.59 Å². The average Bonchev–Trinajstić information content (AvgIpc) is 3.40.